The van der Waals surface area contributed by atoms with Crippen LogP contribution >= 0.6 is 0 Å². The highest BCUT2D eigenvalue weighted by molar-refractivity contribution is 6.25. The number of amides is 2. The minimum absolute atomic E-state index is 0.152. The number of hydrogen-bond acceptors (Lipinski definition) is 11. The largest absolute Gasteiger partial charge is 0.510 e. The number of nitrogens with one attached hydrogen (secondary N) is 2. The topological polar surface area (TPSA) is 253 Å². The van der Waals surface area contributed by atoms with Crippen molar-refractivity contribution in [3.63, 3.8) is 0 Å². The van der Waals surface area contributed by atoms with E-state index in [1.165, 1.54) is 31.1 Å². The summed E-state index contributed by atoms with van der Waals surface area (Å²) in [6.45, 7) is 1.62. The molecule has 246 valence electrons. The van der Waals surface area contributed by atoms with Crippen LogP contribution in [0.3, 0.4) is 0 Å². The number of aliphatic hydroxyl groups is 4. The lowest BCUT2D eigenvalue weighted by molar-refractivity contribution is -0.162. The maximum atomic E-state index is 14.1. The molecule has 2 amide bonds. The van der Waals surface area contributed by atoms with E-state index in [1.54, 1.807) is 13.1 Å². The highest BCUT2D eigenvalue weighted by Crippen LogP contribution is 2.56. The number of ketones is 2. The Bertz CT molecular complexity index is 1940. The number of carbonyl (C=O) groups excluding carboxylic acids is 4. The number of aromatic hydroxyl groups is 1. The highest BCUT2D eigenvalue weighted by atomic mass is 16.4. The van der Waals surface area contributed by atoms with Gasteiger partial charge in [0.05, 0.1) is 35.4 Å². The van der Waals surface area contributed by atoms with E-state index in [-0.39, 0.29) is 23.2 Å². The lowest BCUT2D eigenvalue weighted by atomic mass is 9.55. The molecule has 14 nitrogen and oxygen atoms in total. The number of aromatic nitrogens is 1. The fourth-order valence-corrected chi connectivity index (χ4v) is 7.58. The Morgan fingerprint density at radius 1 is 1.11 bits per heavy atom. The summed E-state index contributed by atoms with van der Waals surface area (Å²) in [6, 6.07) is 7.97. The van der Waals surface area contributed by atoms with Gasteiger partial charge in [0.1, 0.15) is 17.1 Å². The molecule has 0 saturated carbocycles. The van der Waals surface area contributed by atoms with Gasteiger partial charge in [-0.05, 0) is 49.7 Å². The molecule has 0 bridgehead atoms. The van der Waals surface area contributed by atoms with E-state index in [0.717, 1.165) is 16.5 Å². The summed E-state index contributed by atoms with van der Waals surface area (Å²) in [5.74, 6) is -10.7. The number of nitrogens with two attached hydrogens (primary N) is 2. The number of fused-ring (bicyclic) bond motifs is 4. The quantitative estimate of drug-likeness (QED) is 0.133. The predicted octanol–water partition coefficient (Wildman–Crippen LogP) is 0.642. The molecule has 3 aliphatic rings. The maximum Gasteiger partial charge on any atom is 0.255 e. The zero-order valence-electron chi connectivity index (χ0n) is 25.7. The van der Waals surface area contributed by atoms with Crippen LogP contribution in [-0.2, 0) is 20.8 Å². The molecule has 14 heteroatoms. The van der Waals surface area contributed by atoms with Gasteiger partial charge in [0.2, 0.25) is 11.7 Å². The number of anilines is 1. The standard InChI is InChI=1S/C33H35N5O9/c1-12-14-8-9-18(37-32(46)16(34)10-13-11-36-17-7-5-4-6-15(13)17)25(39)20(14)26(40)21-19(12)27(41)23-24(38(2)3)28(42)22(31(35)45)30(44)33(23,47)29(21)43/h4-9,11-12,16,19,23-24,27,36,39,41-43,47H,10,34H2,1-3H3,(H2,35,45)(H,37,46)/t12?,16-,19?,23?,24-,27?,33-/m0/s1. The Hall–Kier alpha value is -5.02. The molecule has 2 aromatic carbocycles. The molecule has 3 aliphatic carbocycles. The van der Waals surface area contributed by atoms with Crippen LogP contribution in [0.15, 0.2) is 65.3 Å². The third-order valence-electron chi connectivity index (χ3n) is 9.84. The van der Waals surface area contributed by atoms with Gasteiger partial charge in [-0.2, -0.15) is 0 Å². The first-order valence-electron chi connectivity index (χ1n) is 14.9. The van der Waals surface area contributed by atoms with Gasteiger partial charge in [-0.15, -0.1) is 0 Å². The molecule has 4 unspecified atom stereocenters. The van der Waals surface area contributed by atoms with E-state index in [4.69, 9.17) is 11.5 Å². The number of para-hydroxylation sites is 1. The summed E-state index contributed by atoms with van der Waals surface area (Å²) in [5, 5.41) is 60.8. The number of aromatic amines is 1. The van der Waals surface area contributed by atoms with E-state index in [9.17, 15) is 44.7 Å². The molecule has 0 radical (unpaired) electrons. The fourth-order valence-electron chi connectivity index (χ4n) is 7.58. The van der Waals surface area contributed by atoms with Crippen molar-refractivity contribution in [2.75, 3.05) is 19.4 Å². The number of likely N-dealkylation sites (N-methyl/N-ethyl adjacent to an activating group) is 1. The van der Waals surface area contributed by atoms with Gasteiger partial charge in [0.25, 0.3) is 5.91 Å². The average molecular weight is 646 g/mol. The summed E-state index contributed by atoms with van der Waals surface area (Å²) in [4.78, 5) is 57.4. The molecule has 0 spiro atoms. The molecule has 47 heavy (non-hydrogen) atoms. The summed E-state index contributed by atoms with van der Waals surface area (Å²) in [5.41, 5.74) is 8.48. The molecule has 6 rings (SSSR count). The summed E-state index contributed by atoms with van der Waals surface area (Å²) in [7, 11) is 2.92. The van der Waals surface area contributed by atoms with E-state index < -0.39 is 93.3 Å². The molecule has 0 saturated heterocycles. The van der Waals surface area contributed by atoms with Gasteiger partial charge in [-0.1, -0.05) is 31.2 Å². The molecule has 11 N–H and O–H groups in total. The lowest BCUT2D eigenvalue weighted by Gasteiger charge is -2.53. The first kappa shape index (κ1) is 31.9. The molecule has 0 fully saturated rings. The maximum absolute atomic E-state index is 14.1. The molecule has 1 heterocycles. The minimum Gasteiger partial charge on any atom is -0.510 e. The van der Waals surface area contributed by atoms with Crippen LogP contribution < -0.4 is 16.8 Å². The van der Waals surface area contributed by atoms with E-state index in [2.05, 4.69) is 10.3 Å². The smallest absolute Gasteiger partial charge is 0.255 e. The zero-order chi connectivity index (χ0) is 34.3. The van der Waals surface area contributed by atoms with Crippen molar-refractivity contribution in [2.45, 2.75) is 43.1 Å². The number of rotatable bonds is 6. The van der Waals surface area contributed by atoms with Crippen LogP contribution in [-0.4, -0.2) is 96.7 Å². The van der Waals surface area contributed by atoms with Crippen molar-refractivity contribution in [1.29, 1.82) is 0 Å². The lowest BCUT2D eigenvalue weighted by Crippen LogP contribution is -2.68. The summed E-state index contributed by atoms with van der Waals surface area (Å²) >= 11 is 0. The number of Topliss-reactive ketones (excluding diaryl/α,β-unsaturated/α-hetero) is 2. The van der Waals surface area contributed by atoms with Crippen molar-refractivity contribution >= 4 is 40.0 Å². The van der Waals surface area contributed by atoms with Crippen LogP contribution in [0.4, 0.5) is 5.69 Å². The minimum atomic E-state index is -3.03. The van der Waals surface area contributed by atoms with Gasteiger partial charge in [0, 0.05) is 28.6 Å². The predicted molar refractivity (Wildman–Crippen MR) is 168 cm³/mol. The Morgan fingerprint density at radius 2 is 1.79 bits per heavy atom. The second kappa shape index (κ2) is 11.1. The van der Waals surface area contributed by atoms with Crippen LogP contribution in [0.25, 0.3) is 10.9 Å². The number of carbonyl (C=O) groups is 4. The first-order valence-corrected chi connectivity index (χ1v) is 14.9. The van der Waals surface area contributed by atoms with Gasteiger partial charge in [0.15, 0.2) is 17.1 Å². The van der Waals surface area contributed by atoms with Crippen LogP contribution in [0.1, 0.15) is 34.3 Å². The number of phenols is 1. The van der Waals surface area contributed by atoms with Crippen LogP contribution in [0.5, 0.6) is 5.75 Å². The van der Waals surface area contributed by atoms with Crippen molar-refractivity contribution < 1.29 is 44.7 Å². The van der Waals surface area contributed by atoms with E-state index in [0.29, 0.717) is 0 Å². The van der Waals surface area contributed by atoms with Gasteiger partial charge in [-0.25, -0.2) is 0 Å². The highest BCUT2D eigenvalue weighted by Gasteiger charge is 2.67. The fraction of sp³-hybridized carbons (Fsp3) is 0.333. The van der Waals surface area contributed by atoms with Crippen molar-refractivity contribution in [2.24, 2.45) is 23.3 Å². The number of H-pyrrole nitrogens is 1. The number of aliphatic hydroxyl groups excluding tert-OH is 3. The number of phenolic OH excluding ortho intramolecular Hbond substituents is 1. The monoisotopic (exact) mass is 645 g/mol. The number of primary amides is 1. The van der Waals surface area contributed by atoms with Crippen molar-refractivity contribution in [1.82, 2.24) is 9.88 Å². The molecule has 1 aromatic heterocycles. The third kappa shape index (κ3) is 4.47. The molecule has 3 aromatic rings. The summed E-state index contributed by atoms with van der Waals surface area (Å²) in [6.07, 6.45) is 0.204. The number of nitrogens with zero attached hydrogens (tertiary/aromatic N) is 1. The zero-order valence-corrected chi connectivity index (χ0v) is 25.7. The van der Waals surface area contributed by atoms with Crippen LogP contribution in [0.2, 0.25) is 0 Å². The van der Waals surface area contributed by atoms with Gasteiger partial charge in [-0.3, -0.25) is 24.1 Å². The average Bonchev–Trinajstić information content (AvgIpc) is 3.42. The van der Waals surface area contributed by atoms with Gasteiger partial charge < -0.3 is 47.3 Å². The normalized spacial score (nSPS) is 27.9. The Labute approximate surface area is 268 Å². The van der Waals surface area contributed by atoms with Gasteiger partial charge >= 0.3 is 0 Å². The molecule has 0 aliphatic heterocycles. The second-order valence-corrected chi connectivity index (χ2v) is 12.6. The summed E-state index contributed by atoms with van der Waals surface area (Å²) < 4.78 is 0. The number of benzene rings is 2. The molecular weight excluding hydrogens is 610 g/mol. The van der Waals surface area contributed by atoms with E-state index in [1.807, 2.05) is 24.3 Å². The molecular formula is C33H35N5O9. The first-order chi connectivity index (χ1) is 22.1. The SMILES string of the molecule is CC1c2ccc(NC(=O)[C@@H](N)Cc3c[nH]c4ccccc34)c(O)c2C(=O)C2=C(O)[C@]3(O)C(=O)C(C(N)=O)=C(O)[C@@H](N(C)C)C3C(O)C21. The Balaban J connectivity index is 1.38. The Kier molecular flexibility index (Phi) is 7.51. The van der Waals surface area contributed by atoms with E-state index >= 15 is 0 Å². The number of hydrogen-bond donors (Lipinski definition) is 9. The molecule has 7 atom stereocenters. The van der Waals surface area contributed by atoms with Crippen molar-refractivity contribution in [3.8, 4) is 5.75 Å². The Morgan fingerprint density at radius 3 is 2.45 bits per heavy atom. The van der Waals surface area contributed by atoms with Crippen LogP contribution in [0, 0.1) is 11.8 Å². The van der Waals surface area contributed by atoms with Crippen molar-refractivity contribution in [3.05, 3.63) is 81.9 Å². The third-order valence-corrected chi connectivity index (χ3v) is 9.84. The second-order valence-electron chi connectivity index (χ2n) is 12.6.